The van der Waals surface area contributed by atoms with Crippen LogP contribution < -0.4 is 0 Å². The average Bonchev–Trinajstić information content (AvgIpc) is 2.49. The van der Waals surface area contributed by atoms with Crippen molar-refractivity contribution < 1.29 is 14.3 Å². The van der Waals surface area contributed by atoms with Crippen LogP contribution in [0.3, 0.4) is 0 Å². The molecular weight excluding hydrogens is 257 g/mol. The fraction of sp³-hybridized carbons (Fsp3) is 0.438. The highest BCUT2D eigenvalue weighted by Gasteiger charge is 2.15. The van der Waals surface area contributed by atoms with Crippen molar-refractivity contribution in [3.63, 3.8) is 0 Å². The third kappa shape index (κ3) is 3.90. The maximum Gasteiger partial charge on any atom is 0.192 e. The summed E-state index contributed by atoms with van der Waals surface area (Å²) in [7, 11) is 0. The van der Waals surface area contributed by atoms with Gasteiger partial charge in [0.05, 0.1) is 6.26 Å². The van der Waals surface area contributed by atoms with Gasteiger partial charge in [0.1, 0.15) is 5.82 Å². The van der Waals surface area contributed by atoms with Crippen LogP contribution >= 0.6 is 0 Å². The fourth-order valence-corrected chi connectivity index (χ4v) is 2.48. The van der Waals surface area contributed by atoms with Crippen LogP contribution in [0, 0.1) is 5.82 Å². The molecule has 0 atom stereocenters. The molecule has 0 amide bonds. The van der Waals surface area contributed by atoms with E-state index in [-0.39, 0.29) is 11.6 Å². The fourth-order valence-electron chi connectivity index (χ4n) is 2.48. The van der Waals surface area contributed by atoms with Crippen molar-refractivity contribution in [2.75, 3.05) is 19.6 Å². The van der Waals surface area contributed by atoms with Gasteiger partial charge in [-0.1, -0.05) is 6.42 Å². The quantitative estimate of drug-likeness (QED) is 0.510. The molecule has 1 aromatic rings. The van der Waals surface area contributed by atoms with Crippen LogP contribution in [-0.2, 0) is 0 Å². The molecule has 1 aromatic carbocycles. The smallest absolute Gasteiger partial charge is 0.192 e. The number of rotatable bonds is 5. The number of Topliss-reactive ketones (excluding diaryl/α,β-unsaturated/α-hetero) is 1. The molecule has 0 saturated carbocycles. The first-order chi connectivity index (χ1) is 9.70. The molecule has 2 rings (SSSR count). The van der Waals surface area contributed by atoms with Gasteiger partial charge < -0.3 is 10.0 Å². The zero-order valence-electron chi connectivity index (χ0n) is 11.5. The summed E-state index contributed by atoms with van der Waals surface area (Å²) in [5, 5.41) is 9.27. The first kappa shape index (κ1) is 14.7. The van der Waals surface area contributed by atoms with E-state index < -0.39 is 0 Å². The molecule has 0 aromatic heterocycles. The molecule has 108 valence electrons. The Kier molecular flexibility index (Phi) is 5.30. The highest BCUT2D eigenvalue weighted by Crippen LogP contribution is 2.15. The van der Waals surface area contributed by atoms with E-state index in [1.807, 2.05) is 0 Å². The summed E-state index contributed by atoms with van der Waals surface area (Å²) in [6, 6.07) is 5.41. The molecule has 0 radical (unpaired) electrons. The Balaban J connectivity index is 1.94. The van der Waals surface area contributed by atoms with Gasteiger partial charge in [0.25, 0.3) is 0 Å². The third-order valence-electron chi connectivity index (χ3n) is 3.70. The Morgan fingerprint density at radius 1 is 1.20 bits per heavy atom. The number of hydrogen-bond donors (Lipinski definition) is 1. The van der Waals surface area contributed by atoms with E-state index in [1.54, 1.807) is 0 Å². The molecule has 0 bridgehead atoms. The number of aliphatic hydroxyl groups is 1. The van der Waals surface area contributed by atoms with Gasteiger partial charge in [-0.25, -0.2) is 4.39 Å². The Bertz CT molecular complexity index is 476. The predicted octanol–water partition coefficient (Wildman–Crippen LogP) is 3.33. The number of benzene rings is 1. The van der Waals surface area contributed by atoms with Crippen molar-refractivity contribution in [1.29, 1.82) is 0 Å². The highest BCUT2D eigenvalue weighted by atomic mass is 19.1. The largest absolute Gasteiger partial charge is 0.515 e. The van der Waals surface area contributed by atoms with E-state index in [0.717, 1.165) is 25.9 Å². The van der Waals surface area contributed by atoms with E-state index in [4.69, 9.17) is 0 Å². The van der Waals surface area contributed by atoms with Crippen LogP contribution in [0.2, 0.25) is 0 Å². The van der Waals surface area contributed by atoms with Gasteiger partial charge in [0, 0.05) is 17.7 Å². The van der Waals surface area contributed by atoms with E-state index in [0.29, 0.717) is 17.6 Å². The second-order valence-electron chi connectivity index (χ2n) is 5.14. The zero-order valence-corrected chi connectivity index (χ0v) is 11.5. The number of hydrogen-bond acceptors (Lipinski definition) is 3. The highest BCUT2D eigenvalue weighted by molar-refractivity contribution is 6.08. The minimum atomic E-state index is -0.371. The number of nitrogens with zero attached hydrogens (tertiary/aromatic N) is 1. The molecule has 1 N–H and O–H groups in total. The number of halogens is 1. The maximum atomic E-state index is 12.8. The lowest BCUT2D eigenvalue weighted by Crippen LogP contribution is -2.31. The normalized spacial score (nSPS) is 17.1. The number of carbonyl (C=O) groups excluding carboxylic acids is 1. The van der Waals surface area contributed by atoms with Gasteiger partial charge in [-0.15, -0.1) is 0 Å². The molecule has 1 fully saturated rings. The Hall–Kier alpha value is -1.68. The number of piperidine rings is 1. The molecular formula is C16H20FNO2. The molecule has 3 nitrogen and oxygen atoms in total. The third-order valence-corrected chi connectivity index (χ3v) is 3.70. The molecule has 0 spiro atoms. The molecule has 1 heterocycles. The summed E-state index contributed by atoms with van der Waals surface area (Å²) >= 11 is 0. The number of ketones is 1. The van der Waals surface area contributed by atoms with Crippen molar-refractivity contribution >= 4 is 5.78 Å². The number of aliphatic hydroxyl groups excluding tert-OH is 1. The summed E-state index contributed by atoms with van der Waals surface area (Å²) in [6.45, 7) is 2.90. The van der Waals surface area contributed by atoms with Crippen LogP contribution in [0.1, 0.15) is 36.0 Å². The van der Waals surface area contributed by atoms with Gasteiger partial charge in [-0.2, -0.15) is 0 Å². The van der Waals surface area contributed by atoms with E-state index in [1.165, 1.54) is 43.5 Å². The summed E-state index contributed by atoms with van der Waals surface area (Å²) in [5.41, 5.74) is 0.785. The van der Waals surface area contributed by atoms with Crippen LogP contribution in [0.15, 0.2) is 36.1 Å². The lowest BCUT2D eigenvalue weighted by Gasteiger charge is -2.26. The molecule has 20 heavy (non-hydrogen) atoms. The molecule has 1 aliphatic heterocycles. The van der Waals surface area contributed by atoms with Crippen LogP contribution in [0.25, 0.3) is 0 Å². The van der Waals surface area contributed by atoms with Gasteiger partial charge in [0.2, 0.25) is 0 Å². The van der Waals surface area contributed by atoms with Crippen molar-refractivity contribution in [3.8, 4) is 0 Å². The number of likely N-dealkylation sites (tertiary alicyclic amines) is 1. The van der Waals surface area contributed by atoms with Gasteiger partial charge in [0.15, 0.2) is 5.78 Å². The predicted molar refractivity (Wildman–Crippen MR) is 76.4 cm³/mol. The minimum absolute atomic E-state index is 0.232. The van der Waals surface area contributed by atoms with Gasteiger partial charge in [-0.05, 0) is 56.6 Å². The maximum absolute atomic E-state index is 12.8. The molecule has 1 aliphatic rings. The van der Waals surface area contributed by atoms with E-state index >= 15 is 0 Å². The topological polar surface area (TPSA) is 40.5 Å². The SMILES string of the molecule is O=C(/C(=C/O)CCN1CCCCC1)c1ccc(F)cc1. The Morgan fingerprint density at radius 2 is 1.85 bits per heavy atom. The molecule has 0 unspecified atom stereocenters. The lowest BCUT2D eigenvalue weighted by molar-refractivity contribution is 0.102. The van der Waals surface area contributed by atoms with Crippen molar-refractivity contribution in [2.24, 2.45) is 0 Å². The first-order valence-electron chi connectivity index (χ1n) is 7.06. The molecule has 4 heteroatoms. The zero-order chi connectivity index (χ0) is 14.4. The second-order valence-corrected chi connectivity index (χ2v) is 5.14. The van der Waals surface area contributed by atoms with Crippen LogP contribution in [0.5, 0.6) is 0 Å². The van der Waals surface area contributed by atoms with E-state index in [2.05, 4.69) is 4.90 Å². The number of carbonyl (C=O) groups is 1. The van der Waals surface area contributed by atoms with Crippen molar-refractivity contribution in [3.05, 3.63) is 47.5 Å². The summed E-state index contributed by atoms with van der Waals surface area (Å²) in [6.07, 6.45) is 5.07. The average molecular weight is 277 g/mol. The molecule has 1 saturated heterocycles. The summed E-state index contributed by atoms with van der Waals surface area (Å²) < 4.78 is 12.8. The molecule has 0 aliphatic carbocycles. The van der Waals surface area contributed by atoms with Crippen molar-refractivity contribution in [1.82, 2.24) is 4.90 Å². The first-order valence-corrected chi connectivity index (χ1v) is 7.06. The van der Waals surface area contributed by atoms with Gasteiger partial charge >= 0.3 is 0 Å². The minimum Gasteiger partial charge on any atom is -0.515 e. The van der Waals surface area contributed by atoms with Crippen LogP contribution in [-0.4, -0.2) is 35.4 Å². The Morgan fingerprint density at radius 3 is 2.45 bits per heavy atom. The Labute approximate surface area is 118 Å². The van der Waals surface area contributed by atoms with Gasteiger partial charge in [-0.3, -0.25) is 4.79 Å². The standard InChI is InChI=1S/C16H20FNO2/c17-15-6-4-13(5-7-15)16(20)14(12-19)8-11-18-9-2-1-3-10-18/h4-7,12,19H,1-3,8-11H2/b14-12+. The van der Waals surface area contributed by atoms with Crippen molar-refractivity contribution in [2.45, 2.75) is 25.7 Å². The monoisotopic (exact) mass is 277 g/mol. The second kappa shape index (κ2) is 7.20. The van der Waals surface area contributed by atoms with Crippen LogP contribution in [0.4, 0.5) is 4.39 Å². The van der Waals surface area contributed by atoms with E-state index in [9.17, 15) is 14.3 Å². The lowest BCUT2D eigenvalue weighted by atomic mass is 10.0. The summed E-state index contributed by atoms with van der Waals surface area (Å²) in [5.74, 6) is -0.603. The summed E-state index contributed by atoms with van der Waals surface area (Å²) in [4.78, 5) is 14.5.